The van der Waals surface area contributed by atoms with Crippen LogP contribution >= 0.6 is 0 Å². The van der Waals surface area contributed by atoms with Gasteiger partial charge < -0.3 is 10.4 Å². The second-order valence-electron chi connectivity index (χ2n) is 4.15. The van der Waals surface area contributed by atoms with Crippen LogP contribution < -0.4 is 5.32 Å². The van der Waals surface area contributed by atoms with Gasteiger partial charge in [0.1, 0.15) is 0 Å². The molecule has 1 aromatic heterocycles. The van der Waals surface area contributed by atoms with Crippen molar-refractivity contribution in [3.05, 3.63) is 18.0 Å². The van der Waals surface area contributed by atoms with E-state index in [-0.39, 0.29) is 12.3 Å². The molecule has 0 saturated heterocycles. The SMILES string of the molecule is Cn1nccc1CCNC(=O)CCCCC(=O)O. The maximum atomic E-state index is 11.4. The first-order valence-electron chi connectivity index (χ1n) is 6.05. The standard InChI is InChI=1S/C12H19N3O3/c1-15-10(7-9-14-15)6-8-13-11(16)4-2-3-5-12(17)18/h7,9H,2-6,8H2,1H3,(H,13,16)(H,17,18). The second kappa shape index (κ2) is 7.47. The molecule has 18 heavy (non-hydrogen) atoms. The highest BCUT2D eigenvalue weighted by atomic mass is 16.4. The van der Waals surface area contributed by atoms with Crippen molar-refractivity contribution in [1.29, 1.82) is 0 Å². The predicted molar refractivity (Wildman–Crippen MR) is 66.0 cm³/mol. The van der Waals surface area contributed by atoms with E-state index in [0.29, 0.717) is 25.8 Å². The Hall–Kier alpha value is -1.85. The summed E-state index contributed by atoms with van der Waals surface area (Å²) in [5, 5.41) is 15.3. The number of carboxylic acid groups (broad SMARTS) is 1. The van der Waals surface area contributed by atoms with Crippen molar-refractivity contribution in [2.24, 2.45) is 7.05 Å². The van der Waals surface area contributed by atoms with Crippen molar-refractivity contribution >= 4 is 11.9 Å². The molecule has 6 nitrogen and oxygen atoms in total. The minimum atomic E-state index is -0.813. The van der Waals surface area contributed by atoms with Crippen LogP contribution in [0.3, 0.4) is 0 Å². The number of aliphatic carboxylic acids is 1. The van der Waals surface area contributed by atoms with Crippen LogP contribution in [0.1, 0.15) is 31.4 Å². The number of carbonyl (C=O) groups excluding carboxylic acids is 1. The normalized spacial score (nSPS) is 10.3. The van der Waals surface area contributed by atoms with E-state index in [9.17, 15) is 9.59 Å². The summed E-state index contributed by atoms with van der Waals surface area (Å²) in [5.41, 5.74) is 1.07. The second-order valence-corrected chi connectivity index (χ2v) is 4.15. The van der Waals surface area contributed by atoms with E-state index in [1.807, 2.05) is 13.1 Å². The molecule has 100 valence electrons. The Morgan fingerprint density at radius 1 is 1.39 bits per heavy atom. The predicted octanol–water partition coefficient (Wildman–Crippen LogP) is 0.724. The lowest BCUT2D eigenvalue weighted by Crippen LogP contribution is -2.25. The van der Waals surface area contributed by atoms with E-state index in [1.54, 1.807) is 10.9 Å². The summed E-state index contributed by atoms with van der Waals surface area (Å²) in [7, 11) is 1.86. The molecule has 2 N–H and O–H groups in total. The maximum absolute atomic E-state index is 11.4. The molecular weight excluding hydrogens is 234 g/mol. The number of nitrogens with zero attached hydrogens (tertiary/aromatic N) is 2. The van der Waals surface area contributed by atoms with Crippen LogP contribution in [-0.2, 0) is 23.1 Å². The number of rotatable bonds is 8. The molecule has 0 aliphatic heterocycles. The number of carbonyl (C=O) groups is 2. The lowest BCUT2D eigenvalue weighted by atomic mass is 10.2. The number of nitrogens with one attached hydrogen (secondary N) is 1. The van der Waals surface area contributed by atoms with Crippen LogP contribution in [-0.4, -0.2) is 33.3 Å². The van der Waals surface area contributed by atoms with Gasteiger partial charge in [0.25, 0.3) is 0 Å². The van der Waals surface area contributed by atoms with E-state index in [2.05, 4.69) is 10.4 Å². The number of unbranched alkanes of at least 4 members (excludes halogenated alkanes) is 1. The topological polar surface area (TPSA) is 84.2 Å². The Bertz CT molecular complexity index is 401. The van der Waals surface area contributed by atoms with Crippen molar-refractivity contribution in [2.45, 2.75) is 32.1 Å². The summed E-state index contributed by atoms with van der Waals surface area (Å²) in [6.07, 6.45) is 4.15. The third kappa shape index (κ3) is 5.47. The van der Waals surface area contributed by atoms with Crippen LogP contribution in [0, 0.1) is 0 Å². The van der Waals surface area contributed by atoms with E-state index >= 15 is 0 Å². The Balaban J connectivity index is 2.07. The molecule has 0 spiro atoms. The third-order valence-corrected chi connectivity index (χ3v) is 2.67. The fraction of sp³-hybridized carbons (Fsp3) is 0.583. The number of aromatic nitrogens is 2. The lowest BCUT2D eigenvalue weighted by molar-refractivity contribution is -0.137. The van der Waals surface area contributed by atoms with Gasteiger partial charge in [-0.1, -0.05) is 0 Å². The van der Waals surface area contributed by atoms with Gasteiger partial charge in [0.15, 0.2) is 0 Å². The van der Waals surface area contributed by atoms with Gasteiger partial charge >= 0.3 is 5.97 Å². The summed E-state index contributed by atoms with van der Waals surface area (Å²) >= 11 is 0. The van der Waals surface area contributed by atoms with Crippen LogP contribution in [0.15, 0.2) is 12.3 Å². The smallest absolute Gasteiger partial charge is 0.303 e. The summed E-state index contributed by atoms with van der Waals surface area (Å²) in [6, 6.07) is 1.92. The molecule has 0 saturated carbocycles. The fourth-order valence-electron chi connectivity index (χ4n) is 1.63. The van der Waals surface area contributed by atoms with Crippen LogP contribution in [0.5, 0.6) is 0 Å². The summed E-state index contributed by atoms with van der Waals surface area (Å²) in [4.78, 5) is 21.7. The lowest BCUT2D eigenvalue weighted by Gasteiger charge is -2.05. The van der Waals surface area contributed by atoms with Crippen LogP contribution in [0.2, 0.25) is 0 Å². The highest BCUT2D eigenvalue weighted by Gasteiger charge is 2.03. The molecule has 0 radical (unpaired) electrons. The summed E-state index contributed by atoms with van der Waals surface area (Å²) in [5.74, 6) is -0.839. The highest BCUT2D eigenvalue weighted by Crippen LogP contribution is 2.00. The molecule has 1 aromatic rings. The van der Waals surface area contributed by atoms with Gasteiger partial charge in [0.2, 0.25) is 5.91 Å². The summed E-state index contributed by atoms with van der Waals surface area (Å²) in [6.45, 7) is 0.581. The zero-order valence-electron chi connectivity index (χ0n) is 10.6. The van der Waals surface area contributed by atoms with Gasteiger partial charge in [-0.15, -0.1) is 0 Å². The number of aryl methyl sites for hydroxylation is 1. The summed E-state index contributed by atoms with van der Waals surface area (Å²) < 4.78 is 1.78. The van der Waals surface area contributed by atoms with Gasteiger partial charge in [-0.05, 0) is 18.9 Å². The molecule has 0 aliphatic carbocycles. The van der Waals surface area contributed by atoms with Crippen molar-refractivity contribution in [3.8, 4) is 0 Å². The quantitative estimate of drug-likeness (QED) is 0.669. The van der Waals surface area contributed by atoms with Crippen molar-refractivity contribution in [1.82, 2.24) is 15.1 Å². The minimum Gasteiger partial charge on any atom is -0.481 e. The van der Waals surface area contributed by atoms with Crippen molar-refractivity contribution in [2.75, 3.05) is 6.54 Å². The number of hydrogen-bond donors (Lipinski definition) is 2. The molecule has 0 bridgehead atoms. The zero-order chi connectivity index (χ0) is 13.4. The molecule has 6 heteroatoms. The van der Waals surface area contributed by atoms with Crippen LogP contribution in [0.4, 0.5) is 0 Å². The molecule has 0 aromatic carbocycles. The molecule has 1 heterocycles. The van der Waals surface area contributed by atoms with E-state index in [0.717, 1.165) is 12.1 Å². The molecule has 0 unspecified atom stereocenters. The van der Waals surface area contributed by atoms with E-state index < -0.39 is 5.97 Å². The van der Waals surface area contributed by atoms with Gasteiger partial charge in [-0.2, -0.15) is 5.10 Å². The Morgan fingerprint density at radius 2 is 2.11 bits per heavy atom. The molecule has 0 aliphatic rings. The molecule has 1 amide bonds. The zero-order valence-corrected chi connectivity index (χ0v) is 10.6. The Morgan fingerprint density at radius 3 is 2.72 bits per heavy atom. The average Bonchev–Trinajstić information content (AvgIpc) is 2.70. The minimum absolute atomic E-state index is 0.0254. The molecule has 0 fully saturated rings. The van der Waals surface area contributed by atoms with Gasteiger partial charge in [-0.3, -0.25) is 14.3 Å². The first-order chi connectivity index (χ1) is 8.59. The van der Waals surface area contributed by atoms with Crippen LogP contribution in [0.25, 0.3) is 0 Å². The van der Waals surface area contributed by atoms with Gasteiger partial charge in [0.05, 0.1) is 0 Å². The fourth-order valence-corrected chi connectivity index (χ4v) is 1.63. The first kappa shape index (κ1) is 14.2. The van der Waals surface area contributed by atoms with Gasteiger partial charge in [-0.25, -0.2) is 0 Å². The number of hydrogen-bond acceptors (Lipinski definition) is 3. The Kier molecular flexibility index (Phi) is 5.90. The van der Waals surface area contributed by atoms with Crippen molar-refractivity contribution in [3.63, 3.8) is 0 Å². The first-order valence-corrected chi connectivity index (χ1v) is 6.05. The highest BCUT2D eigenvalue weighted by molar-refractivity contribution is 5.75. The monoisotopic (exact) mass is 253 g/mol. The number of amides is 1. The average molecular weight is 253 g/mol. The van der Waals surface area contributed by atoms with Crippen molar-refractivity contribution < 1.29 is 14.7 Å². The maximum Gasteiger partial charge on any atom is 0.303 e. The van der Waals surface area contributed by atoms with E-state index in [1.165, 1.54) is 0 Å². The molecule has 1 rings (SSSR count). The van der Waals surface area contributed by atoms with Gasteiger partial charge in [0, 0.05) is 44.7 Å². The largest absolute Gasteiger partial charge is 0.481 e. The Labute approximate surface area is 106 Å². The number of carboxylic acids is 1. The molecular formula is C12H19N3O3. The third-order valence-electron chi connectivity index (χ3n) is 2.67. The van der Waals surface area contributed by atoms with E-state index in [4.69, 9.17) is 5.11 Å². The molecule has 0 atom stereocenters.